The van der Waals surface area contributed by atoms with Crippen molar-refractivity contribution in [3.05, 3.63) is 18.1 Å². The molecule has 0 saturated carbocycles. The second-order valence-electron chi connectivity index (χ2n) is 3.65. The molecule has 0 radical (unpaired) electrons. The summed E-state index contributed by atoms with van der Waals surface area (Å²) in [7, 11) is 0. The van der Waals surface area contributed by atoms with Gasteiger partial charge in [0.1, 0.15) is 17.7 Å². The van der Waals surface area contributed by atoms with E-state index in [0.29, 0.717) is 18.1 Å². The summed E-state index contributed by atoms with van der Waals surface area (Å²) in [5.41, 5.74) is 0. The highest BCUT2D eigenvalue weighted by atomic mass is 16.4. The van der Waals surface area contributed by atoms with Crippen molar-refractivity contribution in [2.24, 2.45) is 0 Å². The molecule has 1 fully saturated rings. The molecule has 5 nitrogen and oxygen atoms in total. The second kappa shape index (κ2) is 3.84. The number of hydrogen-bond acceptors (Lipinski definition) is 4. The number of carbonyl (C=O) groups is 1. The van der Waals surface area contributed by atoms with E-state index in [4.69, 9.17) is 5.11 Å². The monoisotopic (exact) mass is 207 g/mol. The van der Waals surface area contributed by atoms with Gasteiger partial charge in [0.05, 0.1) is 0 Å². The van der Waals surface area contributed by atoms with Crippen molar-refractivity contribution in [1.29, 1.82) is 0 Å². The van der Waals surface area contributed by atoms with E-state index in [1.807, 2.05) is 4.90 Å². The Morgan fingerprint density at radius 1 is 1.67 bits per heavy atom. The average molecular weight is 207 g/mol. The Balaban J connectivity index is 2.26. The number of hydrogen-bond donors (Lipinski definition) is 1. The Morgan fingerprint density at radius 3 is 3.13 bits per heavy atom. The van der Waals surface area contributed by atoms with Crippen LogP contribution in [0.4, 0.5) is 5.82 Å². The molecule has 1 aromatic rings. The number of aromatic nitrogens is 2. The third kappa shape index (κ3) is 1.91. The minimum absolute atomic E-state index is 0.431. The van der Waals surface area contributed by atoms with Gasteiger partial charge in [0.25, 0.3) is 0 Å². The number of nitrogens with zero attached hydrogens (tertiary/aromatic N) is 3. The number of carboxylic acids is 1. The molecular weight excluding hydrogens is 194 g/mol. The molecule has 0 unspecified atom stereocenters. The molecule has 1 N–H and O–H groups in total. The number of aliphatic carboxylic acids is 1. The van der Waals surface area contributed by atoms with Crippen LogP contribution in [-0.2, 0) is 4.79 Å². The Morgan fingerprint density at radius 2 is 2.47 bits per heavy atom. The molecule has 2 heterocycles. The SMILES string of the molecule is Cc1nccc(N2CCC[C@@H]2C(=O)O)n1. The van der Waals surface area contributed by atoms with Gasteiger partial charge in [-0.1, -0.05) is 0 Å². The molecule has 0 aliphatic carbocycles. The van der Waals surface area contributed by atoms with Gasteiger partial charge in [-0.05, 0) is 25.8 Å². The maximum atomic E-state index is 11.0. The van der Waals surface area contributed by atoms with Crippen molar-refractivity contribution in [2.75, 3.05) is 11.4 Å². The molecule has 15 heavy (non-hydrogen) atoms. The zero-order valence-corrected chi connectivity index (χ0v) is 8.55. The first kappa shape index (κ1) is 9.89. The molecule has 0 amide bonds. The largest absolute Gasteiger partial charge is 0.480 e. The Kier molecular flexibility index (Phi) is 2.53. The topological polar surface area (TPSA) is 66.3 Å². The molecule has 1 aliphatic rings. The molecular formula is C10H13N3O2. The first-order chi connectivity index (χ1) is 7.18. The van der Waals surface area contributed by atoms with Gasteiger partial charge < -0.3 is 10.0 Å². The normalized spacial score (nSPS) is 20.6. The van der Waals surface area contributed by atoms with E-state index >= 15 is 0 Å². The van der Waals surface area contributed by atoms with Crippen molar-refractivity contribution in [3.8, 4) is 0 Å². The number of rotatable bonds is 2. The molecule has 2 rings (SSSR count). The third-order valence-electron chi connectivity index (χ3n) is 2.59. The van der Waals surface area contributed by atoms with Crippen LogP contribution in [0.5, 0.6) is 0 Å². The Labute approximate surface area is 87.8 Å². The van der Waals surface area contributed by atoms with Crippen LogP contribution in [0.1, 0.15) is 18.7 Å². The molecule has 0 aromatic carbocycles. The van der Waals surface area contributed by atoms with Crippen LogP contribution < -0.4 is 4.90 Å². The lowest BCUT2D eigenvalue weighted by molar-refractivity contribution is -0.138. The summed E-state index contributed by atoms with van der Waals surface area (Å²) in [5.74, 6) is 0.611. The van der Waals surface area contributed by atoms with Crippen LogP contribution in [-0.4, -0.2) is 33.6 Å². The fourth-order valence-electron chi connectivity index (χ4n) is 1.90. The van der Waals surface area contributed by atoms with Crippen molar-refractivity contribution in [1.82, 2.24) is 9.97 Å². The van der Waals surface area contributed by atoms with E-state index in [1.54, 1.807) is 19.2 Å². The van der Waals surface area contributed by atoms with E-state index in [9.17, 15) is 4.79 Å². The van der Waals surface area contributed by atoms with Crippen molar-refractivity contribution in [3.63, 3.8) is 0 Å². The van der Waals surface area contributed by atoms with Gasteiger partial charge in [0.2, 0.25) is 0 Å². The fourth-order valence-corrected chi connectivity index (χ4v) is 1.90. The summed E-state index contributed by atoms with van der Waals surface area (Å²) in [6.45, 7) is 2.56. The first-order valence-electron chi connectivity index (χ1n) is 4.97. The summed E-state index contributed by atoms with van der Waals surface area (Å²) < 4.78 is 0. The van der Waals surface area contributed by atoms with E-state index < -0.39 is 12.0 Å². The Bertz CT molecular complexity index is 381. The zero-order chi connectivity index (χ0) is 10.8. The highest BCUT2D eigenvalue weighted by Gasteiger charge is 2.31. The van der Waals surface area contributed by atoms with E-state index in [0.717, 1.165) is 13.0 Å². The van der Waals surface area contributed by atoms with Crippen LogP contribution in [0.25, 0.3) is 0 Å². The summed E-state index contributed by atoms with van der Waals surface area (Å²) in [6.07, 6.45) is 3.26. The third-order valence-corrected chi connectivity index (χ3v) is 2.59. The van der Waals surface area contributed by atoms with Crippen LogP contribution in [0, 0.1) is 6.92 Å². The van der Waals surface area contributed by atoms with Gasteiger partial charge >= 0.3 is 5.97 Å². The van der Waals surface area contributed by atoms with Gasteiger partial charge in [-0.15, -0.1) is 0 Å². The molecule has 1 aliphatic heterocycles. The summed E-state index contributed by atoms with van der Waals surface area (Å²) in [6, 6.07) is 1.33. The maximum Gasteiger partial charge on any atom is 0.326 e. The quantitative estimate of drug-likeness (QED) is 0.778. The van der Waals surface area contributed by atoms with Crippen molar-refractivity contribution < 1.29 is 9.90 Å². The van der Waals surface area contributed by atoms with Crippen LogP contribution in [0.15, 0.2) is 12.3 Å². The molecule has 1 saturated heterocycles. The first-order valence-corrected chi connectivity index (χ1v) is 4.97. The number of carboxylic acid groups (broad SMARTS) is 1. The predicted octanol–water partition coefficient (Wildman–Crippen LogP) is 0.838. The van der Waals surface area contributed by atoms with E-state index in [1.165, 1.54) is 0 Å². The average Bonchev–Trinajstić information content (AvgIpc) is 2.65. The van der Waals surface area contributed by atoms with Gasteiger partial charge in [-0.3, -0.25) is 0 Å². The zero-order valence-electron chi connectivity index (χ0n) is 8.55. The lowest BCUT2D eigenvalue weighted by atomic mass is 10.2. The molecule has 5 heteroatoms. The van der Waals surface area contributed by atoms with Crippen LogP contribution in [0.3, 0.4) is 0 Å². The minimum Gasteiger partial charge on any atom is -0.480 e. The number of anilines is 1. The van der Waals surface area contributed by atoms with Gasteiger partial charge in [-0.2, -0.15) is 0 Å². The van der Waals surface area contributed by atoms with Crippen molar-refractivity contribution in [2.45, 2.75) is 25.8 Å². The molecule has 80 valence electrons. The molecule has 0 spiro atoms. The van der Waals surface area contributed by atoms with Gasteiger partial charge in [0.15, 0.2) is 0 Å². The van der Waals surface area contributed by atoms with Crippen LogP contribution in [0.2, 0.25) is 0 Å². The second-order valence-corrected chi connectivity index (χ2v) is 3.65. The number of aryl methyl sites for hydroxylation is 1. The van der Waals surface area contributed by atoms with Crippen molar-refractivity contribution >= 4 is 11.8 Å². The van der Waals surface area contributed by atoms with Gasteiger partial charge in [0, 0.05) is 12.7 Å². The van der Waals surface area contributed by atoms with Crippen LogP contribution >= 0.6 is 0 Å². The summed E-state index contributed by atoms with van der Waals surface area (Å²) in [5, 5.41) is 9.03. The highest BCUT2D eigenvalue weighted by Crippen LogP contribution is 2.23. The smallest absolute Gasteiger partial charge is 0.326 e. The van der Waals surface area contributed by atoms with Gasteiger partial charge in [-0.25, -0.2) is 14.8 Å². The molecule has 1 aromatic heterocycles. The Hall–Kier alpha value is -1.65. The summed E-state index contributed by atoms with van der Waals surface area (Å²) >= 11 is 0. The maximum absolute atomic E-state index is 11.0. The highest BCUT2D eigenvalue weighted by molar-refractivity contribution is 5.78. The lowest BCUT2D eigenvalue weighted by Crippen LogP contribution is -2.36. The van der Waals surface area contributed by atoms with E-state index in [2.05, 4.69) is 9.97 Å². The lowest BCUT2D eigenvalue weighted by Gasteiger charge is -2.22. The van der Waals surface area contributed by atoms with E-state index in [-0.39, 0.29) is 0 Å². The molecule has 0 bridgehead atoms. The predicted molar refractivity (Wildman–Crippen MR) is 54.8 cm³/mol. The minimum atomic E-state index is -0.774. The standard InChI is InChI=1S/C10H13N3O2/c1-7-11-5-4-9(12-7)13-6-2-3-8(13)10(14)15/h4-5,8H,2-3,6H2,1H3,(H,14,15)/t8-/m1/s1. The molecule has 1 atom stereocenters. The fraction of sp³-hybridized carbons (Fsp3) is 0.500. The summed E-state index contributed by atoms with van der Waals surface area (Å²) in [4.78, 5) is 21.1.